The highest BCUT2D eigenvalue weighted by atomic mass is 19.1. The van der Waals surface area contributed by atoms with E-state index in [9.17, 15) is 9.59 Å². The number of fused-ring (bicyclic) bond motifs is 5. The van der Waals surface area contributed by atoms with E-state index in [1.807, 2.05) is 30.2 Å². The summed E-state index contributed by atoms with van der Waals surface area (Å²) in [5.41, 5.74) is 13.0. The molecule has 52 heavy (non-hydrogen) atoms. The molecule has 3 N–H and O–H groups in total. The molecule has 6 heterocycles. The van der Waals surface area contributed by atoms with Crippen LogP contribution in [0.1, 0.15) is 127 Å². The maximum Gasteiger partial charge on any atom is 0.254 e. The average Bonchev–Trinajstić information content (AvgIpc) is 4.06. The number of aromatic nitrogens is 5. The Balaban J connectivity index is 1.04. The first-order valence-electron chi connectivity index (χ1n) is 19.4. The first-order valence-corrected chi connectivity index (χ1v) is 19.4. The van der Waals surface area contributed by atoms with Gasteiger partial charge in [-0.25, -0.2) is 14.4 Å². The largest absolute Gasteiger partial charge is 0.344 e. The van der Waals surface area contributed by atoms with E-state index in [-0.39, 0.29) is 36.0 Å². The third kappa shape index (κ3) is 5.33. The number of nitrogens with one attached hydrogen (secondary N) is 1. The van der Waals surface area contributed by atoms with Gasteiger partial charge in [-0.2, -0.15) is 0 Å². The average molecular weight is 701 g/mol. The minimum Gasteiger partial charge on any atom is -0.344 e. The molecule has 2 amide bonds. The molecule has 10 rings (SSSR count). The molecule has 3 saturated carbocycles. The molecule has 1 aromatic carbocycles. The zero-order valence-corrected chi connectivity index (χ0v) is 29.7. The fraction of sp³-hybridized carbons (Fsp3) is 0.488. The molecular formula is C41H45FN8O2. The number of pyridine rings is 2. The number of nitrogens with two attached hydrogens (primary N) is 1. The number of carbonyl (C=O) groups is 2. The zero-order valence-electron chi connectivity index (χ0n) is 29.7. The number of hydrogen-bond donors (Lipinski definition) is 2. The van der Waals surface area contributed by atoms with Gasteiger partial charge in [0.05, 0.1) is 34.2 Å². The van der Waals surface area contributed by atoms with Crippen LogP contribution in [0.25, 0.3) is 33.6 Å². The number of imidazole rings is 1. The summed E-state index contributed by atoms with van der Waals surface area (Å²) in [5, 5.41) is 4.22. The number of benzene rings is 1. The van der Waals surface area contributed by atoms with Gasteiger partial charge in [0.1, 0.15) is 17.0 Å². The van der Waals surface area contributed by atoms with E-state index in [2.05, 4.69) is 31.6 Å². The summed E-state index contributed by atoms with van der Waals surface area (Å²) in [6, 6.07) is 11.3. The van der Waals surface area contributed by atoms with Crippen LogP contribution in [0.2, 0.25) is 0 Å². The lowest BCUT2D eigenvalue weighted by atomic mass is 9.94. The Kier molecular flexibility index (Phi) is 7.53. The molecule has 1 saturated heterocycles. The van der Waals surface area contributed by atoms with Crippen molar-refractivity contribution >= 4 is 33.9 Å². The highest BCUT2D eigenvalue weighted by Gasteiger charge is 2.41. The van der Waals surface area contributed by atoms with E-state index in [0.717, 1.165) is 116 Å². The van der Waals surface area contributed by atoms with Crippen LogP contribution in [-0.4, -0.2) is 59.4 Å². The van der Waals surface area contributed by atoms with Gasteiger partial charge < -0.3 is 25.1 Å². The maximum absolute atomic E-state index is 16.3. The molecule has 3 aliphatic carbocycles. The van der Waals surface area contributed by atoms with Crippen LogP contribution in [0, 0.1) is 11.7 Å². The second kappa shape index (κ2) is 12.2. The van der Waals surface area contributed by atoms with E-state index in [4.69, 9.17) is 15.7 Å². The summed E-state index contributed by atoms with van der Waals surface area (Å²) < 4.78 is 20.6. The fourth-order valence-corrected chi connectivity index (χ4v) is 9.33. The summed E-state index contributed by atoms with van der Waals surface area (Å²) in [5.74, 6) is 0.883. The highest BCUT2D eigenvalue weighted by molar-refractivity contribution is 5.99. The number of halogens is 1. The molecule has 10 nitrogen and oxygen atoms in total. The molecule has 2 aliphatic heterocycles. The van der Waals surface area contributed by atoms with Gasteiger partial charge in [-0.3, -0.25) is 14.6 Å². The van der Waals surface area contributed by atoms with Crippen LogP contribution in [0.3, 0.4) is 0 Å². The summed E-state index contributed by atoms with van der Waals surface area (Å²) in [4.78, 5) is 44.6. The van der Waals surface area contributed by atoms with Crippen LogP contribution in [0.15, 0.2) is 42.6 Å². The van der Waals surface area contributed by atoms with Gasteiger partial charge in [-0.1, -0.05) is 6.42 Å². The molecule has 4 aromatic heterocycles. The SMILES string of the molecule is C[C@H]1NC(=O)c2c(ccnc2C2CC2)CCCCCn2c(-c3nc4cc(C(=O)N5C[C@H](N)[C@@H]6CC[C@H]5C6)cc(F)c4n3C3CC3)cc3ccc1nc32. The minimum atomic E-state index is -0.417. The molecule has 0 unspecified atom stereocenters. The Bertz CT molecular complexity index is 2270. The van der Waals surface area contributed by atoms with Crippen LogP contribution < -0.4 is 11.1 Å². The van der Waals surface area contributed by atoms with E-state index >= 15 is 4.39 Å². The predicted molar refractivity (Wildman–Crippen MR) is 196 cm³/mol. The second-order valence-corrected chi connectivity index (χ2v) is 16.1. The van der Waals surface area contributed by atoms with E-state index in [1.165, 1.54) is 6.07 Å². The topological polar surface area (TPSA) is 124 Å². The third-order valence-corrected chi connectivity index (χ3v) is 12.4. The molecule has 0 spiro atoms. The van der Waals surface area contributed by atoms with Crippen LogP contribution in [-0.2, 0) is 13.0 Å². The molecule has 5 aliphatic rings. The van der Waals surface area contributed by atoms with Crippen molar-refractivity contribution in [1.29, 1.82) is 0 Å². The zero-order chi connectivity index (χ0) is 35.2. The Morgan fingerprint density at radius 2 is 1.83 bits per heavy atom. The van der Waals surface area contributed by atoms with Gasteiger partial charge in [0.25, 0.3) is 11.8 Å². The first kappa shape index (κ1) is 32.0. The van der Waals surface area contributed by atoms with Crippen molar-refractivity contribution in [3.8, 4) is 11.5 Å². The number of piperidine rings is 1. The fourth-order valence-electron chi connectivity index (χ4n) is 9.33. The number of nitrogens with zero attached hydrogens (tertiary/aromatic N) is 6. The molecule has 11 heteroatoms. The molecular weight excluding hydrogens is 656 g/mol. The molecule has 4 bridgehead atoms. The van der Waals surface area contributed by atoms with Crippen molar-refractivity contribution in [2.24, 2.45) is 11.7 Å². The monoisotopic (exact) mass is 700 g/mol. The quantitative estimate of drug-likeness (QED) is 0.209. The van der Waals surface area contributed by atoms with Crippen molar-refractivity contribution in [1.82, 2.24) is 34.3 Å². The number of hydrogen-bond acceptors (Lipinski definition) is 6. The third-order valence-electron chi connectivity index (χ3n) is 12.4. The lowest BCUT2D eigenvalue weighted by Gasteiger charge is -2.37. The number of rotatable bonds is 4. The summed E-state index contributed by atoms with van der Waals surface area (Å²) in [6.07, 6.45) is 12.5. The smallest absolute Gasteiger partial charge is 0.254 e. The normalized spacial score (nSPS) is 25.1. The Labute approximate surface area is 302 Å². The molecule has 0 radical (unpaired) electrons. The Morgan fingerprint density at radius 1 is 0.981 bits per heavy atom. The number of amides is 2. The Morgan fingerprint density at radius 3 is 2.65 bits per heavy atom. The summed E-state index contributed by atoms with van der Waals surface area (Å²) >= 11 is 0. The van der Waals surface area contributed by atoms with E-state index in [0.29, 0.717) is 40.8 Å². The van der Waals surface area contributed by atoms with Crippen molar-refractivity contribution in [2.75, 3.05) is 6.54 Å². The Hall–Kier alpha value is -4.64. The molecule has 5 aromatic rings. The predicted octanol–water partition coefficient (Wildman–Crippen LogP) is 6.97. The lowest BCUT2D eigenvalue weighted by Crippen LogP contribution is -2.51. The molecule has 4 fully saturated rings. The summed E-state index contributed by atoms with van der Waals surface area (Å²) in [6.45, 7) is 3.22. The van der Waals surface area contributed by atoms with Gasteiger partial charge in [-0.05, 0) is 119 Å². The lowest BCUT2D eigenvalue weighted by molar-refractivity contribution is 0.0603. The van der Waals surface area contributed by atoms with Gasteiger partial charge in [0.15, 0.2) is 5.82 Å². The van der Waals surface area contributed by atoms with Crippen molar-refractivity contribution in [3.63, 3.8) is 0 Å². The number of likely N-dealkylation sites (tertiary alicyclic amines) is 1. The number of aryl methyl sites for hydroxylation is 2. The summed E-state index contributed by atoms with van der Waals surface area (Å²) in [7, 11) is 0. The highest BCUT2D eigenvalue weighted by Crippen LogP contribution is 2.44. The van der Waals surface area contributed by atoms with Gasteiger partial charge in [-0.15, -0.1) is 0 Å². The van der Waals surface area contributed by atoms with Crippen LogP contribution in [0.5, 0.6) is 0 Å². The second-order valence-electron chi connectivity index (χ2n) is 16.1. The maximum atomic E-state index is 16.3. The van der Waals surface area contributed by atoms with Crippen LogP contribution in [0.4, 0.5) is 4.39 Å². The van der Waals surface area contributed by atoms with E-state index in [1.54, 1.807) is 6.07 Å². The molecule has 268 valence electrons. The van der Waals surface area contributed by atoms with Crippen molar-refractivity contribution in [2.45, 2.75) is 114 Å². The van der Waals surface area contributed by atoms with Crippen LogP contribution >= 0.6 is 0 Å². The minimum absolute atomic E-state index is 0.0385. The molecule has 4 atom stereocenters. The van der Waals surface area contributed by atoms with Crippen molar-refractivity contribution in [3.05, 3.63) is 76.5 Å². The van der Waals surface area contributed by atoms with Gasteiger partial charge in [0, 0.05) is 54.3 Å². The first-order chi connectivity index (χ1) is 25.3. The van der Waals surface area contributed by atoms with E-state index < -0.39 is 5.82 Å². The number of carbonyl (C=O) groups excluding carboxylic acids is 2. The van der Waals surface area contributed by atoms with Gasteiger partial charge in [0.2, 0.25) is 0 Å². The standard InChI is InChI=1S/C41H45FN8O2/c1-22-32-13-9-26-20-34(48(38(26)46-32)16-4-2-3-5-23-14-15-44-36(24-6-7-24)35(23)40(51)45-22)39-47-33-19-27(18-30(42)37(33)50(39)28-11-12-28)41(52)49-21-31(43)25-8-10-29(49)17-25/h9,13-15,18-20,22,24-25,28-29,31H,2-8,10-12,16-17,21,43H2,1H3,(H,45,51)/t22-,25-,29+,31+/m1/s1. The van der Waals surface area contributed by atoms with Gasteiger partial charge >= 0.3 is 0 Å². The van der Waals surface area contributed by atoms with Crippen molar-refractivity contribution < 1.29 is 14.0 Å².